The third kappa shape index (κ3) is 3.76. The van der Waals surface area contributed by atoms with E-state index in [2.05, 4.69) is 10.3 Å². The number of ether oxygens (including phenoxy) is 1. The Morgan fingerprint density at radius 2 is 2.11 bits per heavy atom. The van der Waals surface area contributed by atoms with Gasteiger partial charge in [-0.2, -0.15) is 0 Å². The van der Waals surface area contributed by atoms with Crippen LogP contribution in [0.4, 0.5) is 4.39 Å². The van der Waals surface area contributed by atoms with Gasteiger partial charge in [-0.05, 0) is 37.2 Å². The van der Waals surface area contributed by atoms with Crippen LogP contribution < -0.4 is 10.1 Å². The molecule has 0 saturated heterocycles. The Morgan fingerprint density at radius 1 is 1.26 bits per heavy atom. The molecule has 0 fully saturated rings. The average molecular weight is 260 g/mol. The highest BCUT2D eigenvalue weighted by Gasteiger charge is 2.01. The zero-order chi connectivity index (χ0) is 13.7. The summed E-state index contributed by atoms with van der Waals surface area (Å²) in [5, 5.41) is 3.06. The Bertz CT molecular complexity index is 540. The summed E-state index contributed by atoms with van der Waals surface area (Å²) < 4.78 is 18.8. The summed E-state index contributed by atoms with van der Waals surface area (Å²) in [6, 6.07) is 8.77. The van der Waals surface area contributed by atoms with Gasteiger partial charge in [-0.15, -0.1) is 0 Å². The summed E-state index contributed by atoms with van der Waals surface area (Å²) in [5.74, 6) is 0.263. The molecule has 0 aliphatic carbocycles. The van der Waals surface area contributed by atoms with Crippen LogP contribution in [0.5, 0.6) is 5.75 Å². The van der Waals surface area contributed by atoms with E-state index in [9.17, 15) is 4.39 Å². The second-order valence-electron chi connectivity index (χ2n) is 4.39. The van der Waals surface area contributed by atoms with Gasteiger partial charge in [-0.1, -0.05) is 12.1 Å². The number of pyridine rings is 1. The molecule has 0 bridgehead atoms. The molecule has 0 unspecified atom stereocenters. The van der Waals surface area contributed by atoms with E-state index in [-0.39, 0.29) is 5.82 Å². The molecular weight excluding hydrogens is 243 g/mol. The van der Waals surface area contributed by atoms with Crippen molar-refractivity contribution in [3.8, 4) is 5.75 Å². The van der Waals surface area contributed by atoms with Crippen molar-refractivity contribution < 1.29 is 9.13 Å². The highest BCUT2D eigenvalue weighted by molar-refractivity contribution is 5.28. The van der Waals surface area contributed by atoms with Gasteiger partial charge in [0.05, 0.1) is 5.69 Å². The molecule has 0 amide bonds. The van der Waals surface area contributed by atoms with Gasteiger partial charge in [0, 0.05) is 18.8 Å². The fraction of sp³-hybridized carbons (Fsp3) is 0.267. The average Bonchev–Trinajstić information content (AvgIpc) is 2.42. The van der Waals surface area contributed by atoms with Crippen LogP contribution in [0.15, 0.2) is 36.5 Å². The molecule has 100 valence electrons. The second kappa shape index (κ2) is 6.29. The smallest absolute Gasteiger partial charge is 0.130 e. The van der Waals surface area contributed by atoms with Crippen LogP contribution in [0.3, 0.4) is 0 Å². The van der Waals surface area contributed by atoms with Gasteiger partial charge < -0.3 is 10.1 Å². The third-order valence-corrected chi connectivity index (χ3v) is 2.80. The summed E-state index contributed by atoms with van der Waals surface area (Å²) in [5.41, 5.74) is 2.55. The first-order chi connectivity index (χ1) is 9.19. The van der Waals surface area contributed by atoms with E-state index in [4.69, 9.17) is 4.74 Å². The molecule has 3 nitrogen and oxygen atoms in total. The summed E-state index contributed by atoms with van der Waals surface area (Å²) in [7, 11) is 1.89. The molecule has 1 aromatic carbocycles. The van der Waals surface area contributed by atoms with Gasteiger partial charge in [-0.3, -0.25) is 4.98 Å². The minimum Gasteiger partial charge on any atom is -0.487 e. The van der Waals surface area contributed by atoms with Crippen LogP contribution in [0.25, 0.3) is 0 Å². The summed E-state index contributed by atoms with van der Waals surface area (Å²) in [6.07, 6.45) is 1.81. The van der Waals surface area contributed by atoms with Crippen molar-refractivity contribution in [3.05, 3.63) is 59.2 Å². The monoisotopic (exact) mass is 260 g/mol. The molecule has 2 aromatic rings. The Morgan fingerprint density at radius 3 is 2.74 bits per heavy atom. The first kappa shape index (κ1) is 13.5. The second-order valence-corrected chi connectivity index (χ2v) is 4.39. The highest BCUT2D eigenvalue weighted by Crippen LogP contribution is 2.16. The van der Waals surface area contributed by atoms with Crippen LogP contribution in [0.1, 0.15) is 16.8 Å². The van der Waals surface area contributed by atoms with Crippen molar-refractivity contribution in [2.75, 3.05) is 7.05 Å². The van der Waals surface area contributed by atoms with Gasteiger partial charge >= 0.3 is 0 Å². The predicted octanol–water partition coefficient (Wildman–Crippen LogP) is 2.83. The Hall–Kier alpha value is -1.94. The van der Waals surface area contributed by atoms with E-state index in [1.807, 2.05) is 25.4 Å². The lowest BCUT2D eigenvalue weighted by Gasteiger charge is -2.07. The van der Waals surface area contributed by atoms with Crippen LogP contribution in [0, 0.1) is 12.7 Å². The van der Waals surface area contributed by atoms with Crippen LogP contribution in [-0.4, -0.2) is 12.0 Å². The zero-order valence-electron chi connectivity index (χ0n) is 11.1. The SMILES string of the molecule is CNCc1ccc(COc2ccc(C)c(F)c2)nc1. The maximum atomic E-state index is 13.3. The van der Waals surface area contributed by atoms with E-state index in [1.165, 1.54) is 6.07 Å². The number of hydrogen-bond donors (Lipinski definition) is 1. The van der Waals surface area contributed by atoms with Crippen molar-refractivity contribution in [2.24, 2.45) is 0 Å². The first-order valence-corrected chi connectivity index (χ1v) is 6.16. The first-order valence-electron chi connectivity index (χ1n) is 6.16. The van der Waals surface area contributed by atoms with Gasteiger partial charge in [0.1, 0.15) is 18.2 Å². The lowest BCUT2D eigenvalue weighted by atomic mass is 10.2. The van der Waals surface area contributed by atoms with Gasteiger partial charge in [0.15, 0.2) is 0 Å². The normalized spacial score (nSPS) is 10.5. The van der Waals surface area contributed by atoms with E-state index in [0.717, 1.165) is 17.8 Å². The highest BCUT2D eigenvalue weighted by atomic mass is 19.1. The maximum Gasteiger partial charge on any atom is 0.130 e. The minimum atomic E-state index is -0.255. The Labute approximate surface area is 112 Å². The molecule has 1 heterocycles. The maximum absolute atomic E-state index is 13.3. The fourth-order valence-corrected chi connectivity index (χ4v) is 1.67. The minimum absolute atomic E-state index is 0.255. The molecule has 0 spiro atoms. The number of nitrogens with one attached hydrogen (secondary N) is 1. The number of aromatic nitrogens is 1. The summed E-state index contributed by atoms with van der Waals surface area (Å²) in [6.45, 7) is 2.85. The predicted molar refractivity (Wildman–Crippen MR) is 72.5 cm³/mol. The van der Waals surface area contributed by atoms with Gasteiger partial charge in [0.2, 0.25) is 0 Å². The van der Waals surface area contributed by atoms with Crippen molar-refractivity contribution in [1.82, 2.24) is 10.3 Å². The molecule has 2 rings (SSSR count). The van der Waals surface area contributed by atoms with E-state index >= 15 is 0 Å². The van der Waals surface area contributed by atoms with Crippen LogP contribution in [0.2, 0.25) is 0 Å². The molecule has 0 atom stereocenters. The zero-order valence-corrected chi connectivity index (χ0v) is 11.1. The molecule has 19 heavy (non-hydrogen) atoms. The quantitative estimate of drug-likeness (QED) is 0.897. The lowest BCUT2D eigenvalue weighted by Crippen LogP contribution is -2.06. The number of halogens is 1. The van der Waals surface area contributed by atoms with E-state index in [0.29, 0.717) is 17.9 Å². The lowest BCUT2D eigenvalue weighted by molar-refractivity contribution is 0.299. The summed E-state index contributed by atoms with van der Waals surface area (Å²) in [4.78, 5) is 4.29. The Balaban J connectivity index is 1.96. The summed E-state index contributed by atoms with van der Waals surface area (Å²) >= 11 is 0. The molecule has 0 saturated carbocycles. The molecule has 0 aliphatic rings. The van der Waals surface area contributed by atoms with Crippen LogP contribution >= 0.6 is 0 Å². The Kier molecular flexibility index (Phi) is 4.47. The molecule has 0 radical (unpaired) electrons. The molecule has 1 aromatic heterocycles. The number of aryl methyl sites for hydroxylation is 1. The van der Waals surface area contributed by atoms with Gasteiger partial charge in [-0.25, -0.2) is 4.39 Å². The number of benzene rings is 1. The van der Waals surface area contributed by atoms with Crippen LogP contribution in [-0.2, 0) is 13.2 Å². The van der Waals surface area contributed by atoms with Crippen molar-refractivity contribution >= 4 is 0 Å². The number of nitrogens with zero attached hydrogens (tertiary/aromatic N) is 1. The van der Waals surface area contributed by atoms with Crippen molar-refractivity contribution in [1.29, 1.82) is 0 Å². The van der Waals surface area contributed by atoms with Crippen molar-refractivity contribution in [3.63, 3.8) is 0 Å². The molecule has 0 aliphatic heterocycles. The fourth-order valence-electron chi connectivity index (χ4n) is 1.67. The largest absolute Gasteiger partial charge is 0.487 e. The molecular formula is C15H17FN2O. The number of hydrogen-bond acceptors (Lipinski definition) is 3. The van der Waals surface area contributed by atoms with Crippen molar-refractivity contribution in [2.45, 2.75) is 20.1 Å². The van der Waals surface area contributed by atoms with Gasteiger partial charge in [0.25, 0.3) is 0 Å². The molecule has 1 N–H and O–H groups in total. The third-order valence-electron chi connectivity index (χ3n) is 2.80. The molecule has 4 heteroatoms. The van der Waals surface area contributed by atoms with E-state index in [1.54, 1.807) is 19.1 Å². The number of rotatable bonds is 5. The topological polar surface area (TPSA) is 34.1 Å². The van der Waals surface area contributed by atoms with E-state index < -0.39 is 0 Å². The standard InChI is InChI=1S/C15H17FN2O/c1-11-3-6-14(7-15(11)16)19-10-13-5-4-12(8-17-2)9-18-13/h3-7,9,17H,8,10H2,1-2H3.